The van der Waals surface area contributed by atoms with E-state index in [1.165, 1.54) is 0 Å². The second kappa shape index (κ2) is 8.03. The van der Waals surface area contributed by atoms with Gasteiger partial charge in [0.2, 0.25) is 10.0 Å². The number of benzene rings is 1. The molecule has 1 rings (SSSR count). The van der Waals surface area contributed by atoms with Crippen LogP contribution in [0.1, 0.15) is 20.8 Å². The average Bonchev–Trinajstić information content (AvgIpc) is 2.39. The maximum Gasteiger partial charge on any atom is 0.240 e. The summed E-state index contributed by atoms with van der Waals surface area (Å²) >= 11 is 1.59. The molecule has 2 atom stereocenters. The van der Waals surface area contributed by atoms with Gasteiger partial charge in [-0.3, -0.25) is 0 Å². The zero-order valence-electron chi connectivity index (χ0n) is 12.8. The average molecular weight is 332 g/mol. The number of hydrogen-bond acceptors (Lipinski definition) is 5. The quantitative estimate of drug-likeness (QED) is 0.678. The van der Waals surface area contributed by atoms with Gasteiger partial charge in [-0.2, -0.15) is 11.8 Å². The number of nitrogens with one attached hydrogen (secondary N) is 2. The van der Waals surface area contributed by atoms with Gasteiger partial charge >= 0.3 is 0 Å². The number of hydrogen-bond donors (Lipinski definition) is 3. The minimum Gasteiger partial charge on any atom is -0.395 e. The number of sulfonamides is 1. The number of rotatable bonds is 8. The molecule has 0 aliphatic carbocycles. The van der Waals surface area contributed by atoms with Crippen LogP contribution >= 0.6 is 11.8 Å². The van der Waals surface area contributed by atoms with Gasteiger partial charge in [-0.05, 0) is 51.3 Å². The monoisotopic (exact) mass is 332 g/mol. The van der Waals surface area contributed by atoms with E-state index < -0.39 is 10.0 Å². The van der Waals surface area contributed by atoms with Crippen LogP contribution in [0.3, 0.4) is 0 Å². The molecular formula is C14H24N2O3S2. The normalized spacial score (nSPS) is 15.0. The van der Waals surface area contributed by atoms with E-state index in [0.717, 1.165) is 5.69 Å². The van der Waals surface area contributed by atoms with Crippen LogP contribution in [0.15, 0.2) is 29.2 Å². The van der Waals surface area contributed by atoms with E-state index in [9.17, 15) is 13.5 Å². The van der Waals surface area contributed by atoms with Crippen LogP contribution in [-0.2, 0) is 10.0 Å². The van der Waals surface area contributed by atoms with E-state index in [4.69, 9.17) is 0 Å². The Labute approximate surface area is 131 Å². The summed E-state index contributed by atoms with van der Waals surface area (Å²) in [5, 5.41) is 12.6. The van der Waals surface area contributed by atoms with Gasteiger partial charge in [0.15, 0.2) is 0 Å². The fourth-order valence-corrected chi connectivity index (χ4v) is 3.78. The maximum atomic E-state index is 12.0. The first-order chi connectivity index (χ1) is 9.80. The zero-order valence-corrected chi connectivity index (χ0v) is 14.5. The predicted octanol–water partition coefficient (Wildman–Crippen LogP) is 1.90. The lowest BCUT2D eigenvalue weighted by Crippen LogP contribution is -2.31. The molecule has 0 bridgehead atoms. The highest BCUT2D eigenvalue weighted by molar-refractivity contribution is 7.99. The van der Waals surface area contributed by atoms with Crippen molar-refractivity contribution in [3.63, 3.8) is 0 Å². The van der Waals surface area contributed by atoms with Crippen LogP contribution in [0.5, 0.6) is 0 Å². The third-order valence-electron chi connectivity index (χ3n) is 2.99. The van der Waals surface area contributed by atoms with Crippen LogP contribution in [0.2, 0.25) is 0 Å². The summed E-state index contributed by atoms with van der Waals surface area (Å²) in [5.74, 6) is 0. The Morgan fingerprint density at radius 3 is 2.19 bits per heavy atom. The molecule has 0 saturated heterocycles. The lowest BCUT2D eigenvalue weighted by molar-refractivity contribution is 0.288. The molecule has 7 heteroatoms. The molecule has 0 saturated carbocycles. The molecule has 120 valence electrons. The van der Waals surface area contributed by atoms with Crippen molar-refractivity contribution in [1.29, 1.82) is 0 Å². The Kier molecular flexibility index (Phi) is 6.99. The van der Waals surface area contributed by atoms with Gasteiger partial charge in [-0.15, -0.1) is 0 Å². The lowest BCUT2D eigenvalue weighted by Gasteiger charge is -2.22. The molecular weight excluding hydrogens is 308 g/mol. The predicted molar refractivity (Wildman–Crippen MR) is 89.4 cm³/mol. The van der Waals surface area contributed by atoms with Gasteiger partial charge in [0, 0.05) is 23.0 Å². The van der Waals surface area contributed by atoms with E-state index in [2.05, 4.69) is 10.0 Å². The number of aliphatic hydroxyl groups excluding tert-OH is 1. The standard InChI is InChI=1S/C14H24N2O3S2/c1-10(2)16-21(18,19)13-7-5-12(6-8-13)15-11(3)14(9-17)20-4/h5-8,10-11,14-17H,9H2,1-4H3. The van der Waals surface area contributed by atoms with Gasteiger partial charge in [0.1, 0.15) is 0 Å². The molecule has 1 aromatic carbocycles. The van der Waals surface area contributed by atoms with Crippen LogP contribution in [0.4, 0.5) is 5.69 Å². The van der Waals surface area contributed by atoms with E-state index in [-0.39, 0.29) is 28.8 Å². The van der Waals surface area contributed by atoms with Crippen LogP contribution < -0.4 is 10.0 Å². The maximum absolute atomic E-state index is 12.0. The Morgan fingerprint density at radius 2 is 1.76 bits per heavy atom. The molecule has 0 fully saturated rings. The molecule has 3 N–H and O–H groups in total. The topological polar surface area (TPSA) is 78.4 Å². The molecule has 0 aliphatic rings. The first-order valence-corrected chi connectivity index (χ1v) is 9.60. The van der Waals surface area contributed by atoms with Gasteiger partial charge in [-0.25, -0.2) is 13.1 Å². The van der Waals surface area contributed by atoms with E-state index in [1.807, 2.05) is 13.2 Å². The molecule has 0 aliphatic heterocycles. The first-order valence-electron chi connectivity index (χ1n) is 6.82. The summed E-state index contributed by atoms with van der Waals surface area (Å²) in [5.41, 5.74) is 0.832. The third kappa shape index (κ3) is 5.50. The molecule has 1 aromatic rings. The highest BCUT2D eigenvalue weighted by Gasteiger charge is 2.17. The molecule has 0 radical (unpaired) electrons. The van der Waals surface area contributed by atoms with Crippen molar-refractivity contribution >= 4 is 27.5 Å². The SMILES string of the molecule is CSC(CO)C(C)Nc1ccc(S(=O)(=O)NC(C)C)cc1. The summed E-state index contributed by atoms with van der Waals surface area (Å²) in [6, 6.07) is 6.57. The summed E-state index contributed by atoms with van der Waals surface area (Å²) in [7, 11) is -3.45. The molecule has 5 nitrogen and oxygen atoms in total. The van der Waals surface area contributed by atoms with Crippen molar-refractivity contribution in [2.24, 2.45) is 0 Å². The smallest absolute Gasteiger partial charge is 0.240 e. The van der Waals surface area contributed by atoms with Crippen LogP contribution in [0, 0.1) is 0 Å². The second-order valence-electron chi connectivity index (χ2n) is 5.19. The molecule has 21 heavy (non-hydrogen) atoms. The minimum atomic E-state index is -3.45. The molecule has 0 spiro atoms. The Bertz CT molecular complexity index is 526. The molecule has 0 heterocycles. The fourth-order valence-electron chi connectivity index (χ4n) is 1.90. The van der Waals surface area contributed by atoms with E-state index >= 15 is 0 Å². The van der Waals surface area contributed by atoms with Crippen molar-refractivity contribution in [1.82, 2.24) is 4.72 Å². The van der Waals surface area contributed by atoms with Crippen molar-refractivity contribution in [3.05, 3.63) is 24.3 Å². The van der Waals surface area contributed by atoms with Crippen molar-refractivity contribution in [3.8, 4) is 0 Å². The Balaban J connectivity index is 2.79. The number of aliphatic hydroxyl groups is 1. The fraction of sp³-hybridized carbons (Fsp3) is 0.571. The summed E-state index contributed by atoms with van der Waals surface area (Å²) in [6.07, 6.45) is 1.95. The van der Waals surface area contributed by atoms with Crippen LogP contribution in [-0.4, -0.2) is 43.7 Å². The van der Waals surface area contributed by atoms with Crippen molar-refractivity contribution in [2.45, 2.75) is 43.0 Å². The first kappa shape index (κ1) is 18.3. The van der Waals surface area contributed by atoms with E-state index in [1.54, 1.807) is 49.9 Å². The minimum absolute atomic E-state index is 0.0845. The zero-order chi connectivity index (χ0) is 16.0. The van der Waals surface area contributed by atoms with E-state index in [0.29, 0.717) is 0 Å². The molecule has 0 aromatic heterocycles. The van der Waals surface area contributed by atoms with Gasteiger partial charge in [0.25, 0.3) is 0 Å². The van der Waals surface area contributed by atoms with Gasteiger partial charge in [0.05, 0.1) is 11.5 Å². The number of thioether (sulfide) groups is 1. The van der Waals surface area contributed by atoms with Crippen molar-refractivity contribution < 1.29 is 13.5 Å². The Hall–Kier alpha value is -0.760. The van der Waals surface area contributed by atoms with Crippen molar-refractivity contribution in [2.75, 3.05) is 18.2 Å². The highest BCUT2D eigenvalue weighted by Crippen LogP contribution is 2.18. The van der Waals surface area contributed by atoms with Crippen LogP contribution in [0.25, 0.3) is 0 Å². The number of anilines is 1. The Morgan fingerprint density at radius 1 is 1.19 bits per heavy atom. The summed E-state index contributed by atoms with van der Waals surface area (Å²) < 4.78 is 26.6. The molecule has 0 amide bonds. The van der Waals surface area contributed by atoms with Gasteiger partial charge in [-0.1, -0.05) is 0 Å². The van der Waals surface area contributed by atoms with Gasteiger partial charge < -0.3 is 10.4 Å². The highest BCUT2D eigenvalue weighted by atomic mass is 32.2. The third-order valence-corrected chi connectivity index (χ3v) is 5.83. The lowest BCUT2D eigenvalue weighted by atomic mass is 10.2. The molecule has 2 unspecified atom stereocenters. The second-order valence-corrected chi connectivity index (χ2v) is 7.98. The summed E-state index contributed by atoms with van der Waals surface area (Å²) in [6.45, 7) is 5.65. The summed E-state index contributed by atoms with van der Waals surface area (Å²) in [4.78, 5) is 0.248. The largest absolute Gasteiger partial charge is 0.395 e.